The molecule has 0 spiro atoms. The Bertz CT molecular complexity index is 1080. The highest BCUT2D eigenvalue weighted by Gasteiger charge is 2.61. The van der Waals surface area contributed by atoms with Crippen molar-refractivity contribution < 1.29 is 22.2 Å². The molecule has 1 heterocycles. The van der Waals surface area contributed by atoms with E-state index in [0.717, 1.165) is 24.8 Å². The molecule has 2 saturated carbocycles. The molecule has 1 aliphatic heterocycles. The lowest BCUT2D eigenvalue weighted by Crippen LogP contribution is -2.32. The summed E-state index contributed by atoms with van der Waals surface area (Å²) in [5.41, 5.74) is 1.31. The van der Waals surface area contributed by atoms with Gasteiger partial charge in [-0.15, -0.1) is 0 Å². The summed E-state index contributed by atoms with van der Waals surface area (Å²) in [6.07, 6.45) is 2.99. The fourth-order valence-corrected chi connectivity index (χ4v) is 6.14. The number of amides is 2. The van der Waals surface area contributed by atoms with Crippen molar-refractivity contribution in [1.29, 1.82) is 0 Å². The number of hydrogen-bond donors (Lipinski definition) is 0. The van der Waals surface area contributed by atoms with E-state index in [-0.39, 0.29) is 34.3 Å². The number of imide groups is 1. The highest BCUT2D eigenvalue weighted by atomic mass is 32.2. The van der Waals surface area contributed by atoms with Crippen LogP contribution in [0.3, 0.4) is 0 Å². The van der Waals surface area contributed by atoms with E-state index in [0.29, 0.717) is 17.5 Å². The second kappa shape index (κ2) is 6.42. The molecule has 0 aromatic heterocycles. The minimum atomic E-state index is -4.01. The van der Waals surface area contributed by atoms with E-state index in [4.69, 9.17) is 4.18 Å². The molecule has 6 nitrogen and oxygen atoms in total. The average Bonchev–Trinajstić information content (AvgIpc) is 3.36. The van der Waals surface area contributed by atoms with Gasteiger partial charge < -0.3 is 4.18 Å². The molecular weight excluding hydrogens is 390 g/mol. The van der Waals surface area contributed by atoms with Gasteiger partial charge in [0.2, 0.25) is 11.8 Å². The normalized spacial score (nSPS) is 28.1. The van der Waals surface area contributed by atoms with Gasteiger partial charge in [0.05, 0.1) is 17.5 Å². The first-order chi connectivity index (χ1) is 13.8. The Morgan fingerprint density at radius 2 is 1.55 bits per heavy atom. The number of hydrogen-bond acceptors (Lipinski definition) is 5. The minimum absolute atomic E-state index is 0.0490. The Kier molecular flexibility index (Phi) is 4.07. The van der Waals surface area contributed by atoms with Gasteiger partial charge in [0.25, 0.3) is 0 Å². The van der Waals surface area contributed by atoms with Crippen molar-refractivity contribution in [3.8, 4) is 5.75 Å². The molecule has 3 fully saturated rings. The Hall–Kier alpha value is -2.67. The van der Waals surface area contributed by atoms with Crippen molar-refractivity contribution in [2.45, 2.75) is 31.1 Å². The van der Waals surface area contributed by atoms with Crippen LogP contribution in [0.5, 0.6) is 5.75 Å². The molecule has 0 radical (unpaired) electrons. The summed E-state index contributed by atoms with van der Waals surface area (Å²) in [6, 6.07) is 12.6. The molecule has 5 rings (SSSR count). The van der Waals surface area contributed by atoms with Gasteiger partial charge in [-0.05, 0) is 62.3 Å². The van der Waals surface area contributed by atoms with Crippen LogP contribution in [-0.2, 0) is 19.7 Å². The quantitative estimate of drug-likeness (QED) is 0.570. The molecule has 3 aliphatic rings. The number of carbonyl (C=O) groups excluding carboxylic acids is 2. The maximum Gasteiger partial charge on any atom is 0.339 e. The Morgan fingerprint density at radius 1 is 0.931 bits per heavy atom. The first-order valence-electron chi connectivity index (χ1n) is 9.84. The minimum Gasteiger partial charge on any atom is -0.379 e. The fraction of sp³-hybridized carbons (Fsp3) is 0.364. The lowest BCUT2D eigenvalue weighted by Gasteiger charge is -2.19. The fourth-order valence-electron chi connectivity index (χ4n) is 5.22. The molecule has 2 aromatic rings. The maximum absolute atomic E-state index is 13.0. The molecule has 1 saturated heterocycles. The molecule has 150 valence electrons. The van der Waals surface area contributed by atoms with Crippen LogP contribution in [0.4, 0.5) is 5.69 Å². The molecule has 2 bridgehead atoms. The van der Waals surface area contributed by atoms with E-state index < -0.39 is 10.1 Å². The summed E-state index contributed by atoms with van der Waals surface area (Å²) < 4.78 is 30.4. The van der Waals surface area contributed by atoms with Crippen LogP contribution >= 0.6 is 0 Å². The second-order valence-electron chi connectivity index (χ2n) is 8.24. The molecule has 4 unspecified atom stereocenters. The number of benzene rings is 2. The zero-order chi connectivity index (χ0) is 20.3. The van der Waals surface area contributed by atoms with Crippen molar-refractivity contribution in [2.24, 2.45) is 23.7 Å². The van der Waals surface area contributed by atoms with Crippen LogP contribution in [-0.4, -0.2) is 20.2 Å². The molecule has 2 amide bonds. The number of anilines is 1. The van der Waals surface area contributed by atoms with Gasteiger partial charge in [0, 0.05) is 6.07 Å². The third-order valence-electron chi connectivity index (χ3n) is 6.52. The zero-order valence-corrected chi connectivity index (χ0v) is 16.8. The van der Waals surface area contributed by atoms with Gasteiger partial charge in [-0.2, -0.15) is 8.42 Å². The van der Waals surface area contributed by atoms with Crippen LogP contribution in [0.25, 0.3) is 0 Å². The third-order valence-corrected chi connectivity index (χ3v) is 7.78. The number of carbonyl (C=O) groups is 2. The van der Waals surface area contributed by atoms with Crippen molar-refractivity contribution >= 4 is 27.6 Å². The molecule has 0 N–H and O–H groups in total. The van der Waals surface area contributed by atoms with E-state index in [2.05, 4.69) is 0 Å². The van der Waals surface area contributed by atoms with Crippen LogP contribution in [0.15, 0.2) is 53.4 Å². The smallest absolute Gasteiger partial charge is 0.339 e. The highest BCUT2D eigenvalue weighted by molar-refractivity contribution is 7.87. The maximum atomic E-state index is 13.0. The van der Waals surface area contributed by atoms with Crippen LogP contribution in [0.2, 0.25) is 0 Å². The number of fused-ring (bicyclic) bond motifs is 5. The van der Waals surface area contributed by atoms with E-state index in [1.165, 1.54) is 29.2 Å². The van der Waals surface area contributed by atoms with Gasteiger partial charge in [-0.25, -0.2) is 4.90 Å². The summed E-state index contributed by atoms with van der Waals surface area (Å²) in [7, 11) is -4.01. The first-order valence-corrected chi connectivity index (χ1v) is 11.2. The summed E-state index contributed by atoms with van der Waals surface area (Å²) >= 11 is 0. The van der Waals surface area contributed by atoms with E-state index in [9.17, 15) is 18.0 Å². The van der Waals surface area contributed by atoms with E-state index in [1.807, 2.05) is 6.92 Å². The summed E-state index contributed by atoms with van der Waals surface area (Å²) in [4.78, 5) is 27.2. The van der Waals surface area contributed by atoms with Gasteiger partial charge in [-0.1, -0.05) is 23.8 Å². The molecule has 4 atom stereocenters. The Labute approximate surface area is 169 Å². The number of aryl methyl sites for hydroxylation is 1. The highest BCUT2D eigenvalue weighted by Crippen LogP contribution is 2.56. The van der Waals surface area contributed by atoms with Crippen LogP contribution in [0.1, 0.15) is 24.8 Å². The topological polar surface area (TPSA) is 80.8 Å². The lowest BCUT2D eigenvalue weighted by molar-refractivity contribution is -0.123. The van der Waals surface area contributed by atoms with E-state index in [1.54, 1.807) is 24.3 Å². The Balaban J connectivity index is 1.43. The molecular formula is C22H21NO5S. The summed E-state index contributed by atoms with van der Waals surface area (Å²) in [5.74, 6) is -0.0926. The monoisotopic (exact) mass is 411 g/mol. The summed E-state index contributed by atoms with van der Waals surface area (Å²) in [6.45, 7) is 1.87. The van der Waals surface area contributed by atoms with Gasteiger partial charge in [0.15, 0.2) is 0 Å². The predicted octanol–water partition coefficient (Wildman–Crippen LogP) is 3.30. The summed E-state index contributed by atoms with van der Waals surface area (Å²) in [5, 5.41) is 0. The van der Waals surface area contributed by atoms with Crippen LogP contribution < -0.4 is 9.08 Å². The first kappa shape index (κ1) is 18.4. The zero-order valence-electron chi connectivity index (χ0n) is 15.9. The van der Waals surface area contributed by atoms with Gasteiger partial charge in [-0.3, -0.25) is 9.59 Å². The molecule has 29 heavy (non-hydrogen) atoms. The lowest BCUT2D eigenvalue weighted by atomic mass is 9.81. The average molecular weight is 411 g/mol. The molecule has 7 heteroatoms. The van der Waals surface area contributed by atoms with Crippen LogP contribution in [0, 0.1) is 30.6 Å². The van der Waals surface area contributed by atoms with Crippen molar-refractivity contribution in [3.63, 3.8) is 0 Å². The third kappa shape index (κ3) is 2.87. The predicted molar refractivity (Wildman–Crippen MR) is 106 cm³/mol. The van der Waals surface area contributed by atoms with E-state index >= 15 is 0 Å². The van der Waals surface area contributed by atoms with Gasteiger partial charge in [0.1, 0.15) is 10.6 Å². The molecule has 2 aliphatic carbocycles. The van der Waals surface area contributed by atoms with Crippen molar-refractivity contribution in [2.75, 3.05) is 4.90 Å². The number of nitrogens with zero attached hydrogens (tertiary/aromatic N) is 1. The largest absolute Gasteiger partial charge is 0.379 e. The number of rotatable bonds is 4. The SMILES string of the molecule is Cc1ccc(S(=O)(=O)Oc2cccc(N3C(=O)C4C5CCC(C5)C4C3=O)c2)cc1. The Morgan fingerprint density at radius 3 is 2.17 bits per heavy atom. The molecule has 2 aromatic carbocycles. The second-order valence-corrected chi connectivity index (χ2v) is 9.79. The van der Waals surface area contributed by atoms with Gasteiger partial charge >= 0.3 is 10.1 Å². The van der Waals surface area contributed by atoms with Crippen molar-refractivity contribution in [1.82, 2.24) is 0 Å². The standard InChI is InChI=1S/C22H21NO5S/c1-13-5-9-18(10-6-13)29(26,27)28-17-4-2-3-16(12-17)23-21(24)19-14-7-8-15(11-14)20(19)22(23)25/h2-6,9-10,12,14-15,19-20H,7-8,11H2,1H3. The van der Waals surface area contributed by atoms with Crippen molar-refractivity contribution in [3.05, 3.63) is 54.1 Å².